The Balaban J connectivity index is 0. The number of piperazine rings is 1. The van der Waals surface area contributed by atoms with Crippen LogP contribution in [0, 0.1) is 0 Å². The molecule has 4 nitrogen and oxygen atoms in total. The van der Waals surface area contributed by atoms with E-state index in [-0.39, 0.29) is 12.4 Å². The lowest BCUT2D eigenvalue weighted by Gasteiger charge is -2.11. The van der Waals surface area contributed by atoms with Gasteiger partial charge in [0.15, 0.2) is 0 Å². The number of carbonyl (C=O) groups excluding carboxylic acids is 1. The van der Waals surface area contributed by atoms with Crippen LogP contribution in [0.2, 0.25) is 0 Å². The maximum absolute atomic E-state index is 9.46. The third-order valence-corrected chi connectivity index (χ3v) is 1.64. The monoisotopic (exact) mass is 224 g/mol. The Kier molecular flexibility index (Phi) is 17.5. The summed E-state index contributed by atoms with van der Waals surface area (Å²) in [6, 6.07) is 0. The summed E-state index contributed by atoms with van der Waals surface area (Å²) in [7, 11) is 0. The summed E-state index contributed by atoms with van der Waals surface area (Å²) in [5, 5.41) is 6.44. The van der Waals surface area contributed by atoms with Crippen LogP contribution in [0.15, 0.2) is 0 Å². The summed E-state index contributed by atoms with van der Waals surface area (Å²) in [6.45, 7) is 7.66. The number of unbranched alkanes of at least 4 members (excludes halogenated alkanes) is 1. The molecular weight excluding hydrogens is 204 g/mol. The average molecular weight is 225 g/mol. The van der Waals surface area contributed by atoms with Gasteiger partial charge in [0.2, 0.25) is 0 Å². The van der Waals surface area contributed by atoms with Gasteiger partial charge in [-0.05, 0) is 6.42 Å². The van der Waals surface area contributed by atoms with Crippen molar-refractivity contribution < 1.29 is 9.53 Å². The van der Waals surface area contributed by atoms with Gasteiger partial charge in [0.05, 0.1) is 6.61 Å². The van der Waals surface area contributed by atoms with Crippen molar-refractivity contribution in [1.82, 2.24) is 10.6 Å². The van der Waals surface area contributed by atoms with Crippen LogP contribution in [0.1, 0.15) is 19.8 Å². The molecule has 1 heterocycles. The number of carbonyl (C=O) groups is 1. The first-order valence-corrected chi connectivity index (χ1v) is 4.88. The van der Waals surface area contributed by atoms with Crippen molar-refractivity contribution in [3.05, 3.63) is 0 Å². The zero-order valence-corrected chi connectivity index (χ0v) is 9.57. The van der Waals surface area contributed by atoms with Gasteiger partial charge in [0, 0.05) is 26.2 Å². The van der Waals surface area contributed by atoms with Crippen molar-refractivity contribution in [1.29, 1.82) is 0 Å². The molecule has 0 unspecified atom stereocenters. The third-order valence-electron chi connectivity index (χ3n) is 1.64. The Hall–Kier alpha value is -0.320. The molecule has 0 spiro atoms. The van der Waals surface area contributed by atoms with E-state index in [0.717, 1.165) is 39.0 Å². The summed E-state index contributed by atoms with van der Waals surface area (Å²) in [5.74, 6) is 0. The summed E-state index contributed by atoms with van der Waals surface area (Å²) < 4.78 is 4.39. The molecule has 5 heteroatoms. The molecule has 1 fully saturated rings. The number of hydrogen-bond donors (Lipinski definition) is 2. The van der Waals surface area contributed by atoms with E-state index >= 15 is 0 Å². The van der Waals surface area contributed by atoms with Crippen LogP contribution in [-0.4, -0.2) is 39.3 Å². The number of ether oxygens (including phenoxy) is 1. The van der Waals surface area contributed by atoms with Crippen LogP contribution >= 0.6 is 12.4 Å². The van der Waals surface area contributed by atoms with E-state index in [2.05, 4.69) is 15.4 Å². The van der Waals surface area contributed by atoms with E-state index in [0.29, 0.717) is 13.1 Å². The molecule has 0 aliphatic carbocycles. The fourth-order valence-electron chi connectivity index (χ4n) is 0.879. The van der Waals surface area contributed by atoms with Gasteiger partial charge in [-0.15, -0.1) is 12.4 Å². The van der Waals surface area contributed by atoms with Crippen molar-refractivity contribution >= 4 is 18.9 Å². The van der Waals surface area contributed by atoms with Gasteiger partial charge in [0.25, 0.3) is 6.47 Å². The number of halogens is 1. The van der Waals surface area contributed by atoms with E-state index in [1.807, 2.05) is 6.92 Å². The van der Waals surface area contributed by atoms with Crippen molar-refractivity contribution in [2.75, 3.05) is 32.8 Å². The fourth-order valence-corrected chi connectivity index (χ4v) is 0.879. The molecule has 0 bridgehead atoms. The summed E-state index contributed by atoms with van der Waals surface area (Å²) in [6.07, 6.45) is 2.05. The molecule has 86 valence electrons. The summed E-state index contributed by atoms with van der Waals surface area (Å²) in [5.41, 5.74) is 0. The highest BCUT2D eigenvalue weighted by Crippen LogP contribution is 1.83. The molecule has 2 N–H and O–H groups in total. The zero-order chi connectivity index (χ0) is 9.78. The highest BCUT2D eigenvalue weighted by Gasteiger charge is 1.91. The van der Waals surface area contributed by atoms with Crippen LogP contribution in [0.4, 0.5) is 0 Å². The Labute approximate surface area is 92.2 Å². The fraction of sp³-hybridized carbons (Fsp3) is 0.889. The lowest BCUT2D eigenvalue weighted by atomic mass is 10.4. The maximum Gasteiger partial charge on any atom is 0.293 e. The quantitative estimate of drug-likeness (QED) is 0.541. The van der Waals surface area contributed by atoms with Gasteiger partial charge in [-0.2, -0.15) is 0 Å². The largest absolute Gasteiger partial charge is 0.468 e. The Morgan fingerprint density at radius 2 is 1.71 bits per heavy atom. The molecule has 1 rings (SSSR count). The smallest absolute Gasteiger partial charge is 0.293 e. The van der Waals surface area contributed by atoms with Gasteiger partial charge in [-0.1, -0.05) is 13.3 Å². The second-order valence-electron chi connectivity index (χ2n) is 2.82. The number of rotatable bonds is 4. The summed E-state index contributed by atoms with van der Waals surface area (Å²) in [4.78, 5) is 9.46. The number of nitrogens with one attached hydrogen (secondary N) is 2. The van der Waals surface area contributed by atoms with Crippen molar-refractivity contribution in [2.24, 2.45) is 0 Å². The predicted octanol–water partition coefficient (Wildman–Crippen LogP) is 0.560. The van der Waals surface area contributed by atoms with Gasteiger partial charge in [0.1, 0.15) is 0 Å². The predicted molar refractivity (Wildman–Crippen MR) is 59.9 cm³/mol. The molecule has 1 aliphatic rings. The van der Waals surface area contributed by atoms with Gasteiger partial charge in [-0.3, -0.25) is 4.79 Å². The minimum atomic E-state index is 0. The van der Waals surface area contributed by atoms with E-state index < -0.39 is 0 Å². The topological polar surface area (TPSA) is 50.4 Å². The first-order valence-electron chi connectivity index (χ1n) is 4.88. The minimum absolute atomic E-state index is 0. The van der Waals surface area contributed by atoms with E-state index in [1.165, 1.54) is 0 Å². The molecule has 0 radical (unpaired) electrons. The Morgan fingerprint density at radius 1 is 1.21 bits per heavy atom. The first-order chi connectivity index (χ1) is 6.41. The van der Waals surface area contributed by atoms with Crippen molar-refractivity contribution in [2.45, 2.75) is 19.8 Å². The van der Waals surface area contributed by atoms with Crippen molar-refractivity contribution in [3.63, 3.8) is 0 Å². The van der Waals surface area contributed by atoms with E-state index in [1.54, 1.807) is 0 Å². The molecule has 0 aromatic rings. The molecular formula is C9H21ClN2O2. The average Bonchev–Trinajstić information content (AvgIpc) is 2.22. The SMILES string of the molecule is C1CNCCN1.CCCCOC=O.Cl. The molecule has 0 aromatic heterocycles. The van der Waals surface area contributed by atoms with Crippen molar-refractivity contribution in [3.8, 4) is 0 Å². The van der Waals surface area contributed by atoms with Crippen LogP contribution in [-0.2, 0) is 9.53 Å². The molecule has 1 saturated heterocycles. The van der Waals surface area contributed by atoms with Crippen LogP contribution in [0.25, 0.3) is 0 Å². The Bertz CT molecular complexity index is 99.5. The highest BCUT2D eigenvalue weighted by molar-refractivity contribution is 5.85. The third kappa shape index (κ3) is 14.2. The molecule has 14 heavy (non-hydrogen) atoms. The Morgan fingerprint density at radius 3 is 2.00 bits per heavy atom. The van der Waals surface area contributed by atoms with Crippen LogP contribution in [0.5, 0.6) is 0 Å². The lowest BCUT2D eigenvalue weighted by Crippen LogP contribution is -2.39. The molecule has 1 aliphatic heterocycles. The van der Waals surface area contributed by atoms with Crippen LogP contribution < -0.4 is 10.6 Å². The second kappa shape index (κ2) is 15.2. The van der Waals surface area contributed by atoms with Crippen LogP contribution in [0.3, 0.4) is 0 Å². The standard InChI is InChI=1S/C5H10O2.C4H10N2.ClH/c1-2-3-4-7-5-6;1-2-6-4-3-5-1;/h5H,2-4H2,1H3;5-6H,1-4H2;1H. The van der Waals surface area contributed by atoms with E-state index in [9.17, 15) is 4.79 Å². The van der Waals surface area contributed by atoms with Gasteiger partial charge < -0.3 is 15.4 Å². The minimum Gasteiger partial charge on any atom is -0.468 e. The normalized spacial score (nSPS) is 14.4. The zero-order valence-electron chi connectivity index (χ0n) is 8.75. The number of hydrogen-bond acceptors (Lipinski definition) is 4. The second-order valence-corrected chi connectivity index (χ2v) is 2.82. The lowest BCUT2D eigenvalue weighted by molar-refractivity contribution is -0.128. The maximum atomic E-state index is 9.46. The summed E-state index contributed by atoms with van der Waals surface area (Å²) >= 11 is 0. The first kappa shape index (κ1) is 16.1. The molecule has 0 amide bonds. The molecule has 0 saturated carbocycles. The highest BCUT2D eigenvalue weighted by atomic mass is 35.5. The van der Waals surface area contributed by atoms with E-state index in [4.69, 9.17) is 0 Å². The van der Waals surface area contributed by atoms with Gasteiger partial charge in [-0.25, -0.2) is 0 Å². The molecule has 0 aromatic carbocycles. The molecule has 0 atom stereocenters. The van der Waals surface area contributed by atoms with Gasteiger partial charge >= 0.3 is 0 Å².